The summed E-state index contributed by atoms with van der Waals surface area (Å²) in [6.45, 7) is 2.22. The lowest BCUT2D eigenvalue weighted by Crippen LogP contribution is -2.22. The number of halogens is 3. The first-order chi connectivity index (χ1) is 15.3. The summed E-state index contributed by atoms with van der Waals surface area (Å²) >= 11 is 0. The van der Waals surface area contributed by atoms with Crippen molar-refractivity contribution in [3.63, 3.8) is 0 Å². The van der Waals surface area contributed by atoms with Crippen molar-refractivity contribution in [2.45, 2.75) is 44.4 Å². The number of hydrogen-bond acceptors (Lipinski definition) is 6. The van der Waals surface area contributed by atoms with E-state index in [4.69, 9.17) is 4.74 Å². The van der Waals surface area contributed by atoms with Crippen LogP contribution in [0.3, 0.4) is 0 Å². The maximum Gasteiger partial charge on any atom is 0.420 e. The number of nitrogens with zero attached hydrogens (tertiary/aromatic N) is 4. The molecule has 1 saturated heterocycles. The molecule has 0 amide bonds. The van der Waals surface area contributed by atoms with Gasteiger partial charge in [-0.15, -0.1) is 5.73 Å². The Labute approximate surface area is 180 Å². The van der Waals surface area contributed by atoms with Crippen molar-refractivity contribution in [3.8, 4) is 0 Å². The number of H-pyrrole nitrogens is 1. The molecule has 7 nitrogen and oxygen atoms in total. The second kappa shape index (κ2) is 7.65. The van der Waals surface area contributed by atoms with Crippen molar-refractivity contribution in [3.05, 3.63) is 69.0 Å². The highest BCUT2D eigenvalue weighted by molar-refractivity contribution is 5.87. The Bertz CT molecular complexity index is 1320. The number of aryl methyl sites for hydroxylation is 1. The second-order valence-corrected chi connectivity index (χ2v) is 7.94. The number of pyridine rings is 1. The fourth-order valence-electron chi connectivity index (χ4n) is 3.95. The Morgan fingerprint density at radius 3 is 2.75 bits per heavy atom. The van der Waals surface area contributed by atoms with E-state index in [0.29, 0.717) is 53.4 Å². The SMILES string of the molecule is Cc1cnc2nc(C3CCOC(c4ccc(=O)[nH]c4)C3)nc(C3=C=C(C(F)(F)F)C3)c2n1. The molecule has 2 aliphatic rings. The highest BCUT2D eigenvalue weighted by Gasteiger charge is 2.39. The molecule has 1 fully saturated rings. The number of ether oxygens (including phenoxy) is 1. The highest BCUT2D eigenvalue weighted by Crippen LogP contribution is 2.41. The fraction of sp³-hybridized carbons (Fsp3) is 0.364. The zero-order valence-corrected chi connectivity index (χ0v) is 17.0. The summed E-state index contributed by atoms with van der Waals surface area (Å²) in [4.78, 5) is 32.0. The predicted molar refractivity (Wildman–Crippen MR) is 109 cm³/mol. The zero-order chi connectivity index (χ0) is 22.5. The van der Waals surface area contributed by atoms with Gasteiger partial charge in [-0.3, -0.25) is 4.79 Å². The molecule has 1 aliphatic carbocycles. The molecule has 0 spiro atoms. The second-order valence-electron chi connectivity index (χ2n) is 7.94. The van der Waals surface area contributed by atoms with Gasteiger partial charge >= 0.3 is 6.18 Å². The van der Waals surface area contributed by atoms with Gasteiger partial charge in [0, 0.05) is 36.8 Å². The summed E-state index contributed by atoms with van der Waals surface area (Å²) in [7, 11) is 0. The normalized spacial score (nSPS) is 21.1. The number of alkyl halides is 3. The van der Waals surface area contributed by atoms with Crippen LogP contribution in [0.15, 0.2) is 40.6 Å². The Morgan fingerprint density at radius 1 is 1.22 bits per heavy atom. The molecule has 10 heteroatoms. The first-order valence-electron chi connectivity index (χ1n) is 10.2. The molecule has 32 heavy (non-hydrogen) atoms. The summed E-state index contributed by atoms with van der Waals surface area (Å²) < 4.78 is 44.7. The molecule has 4 heterocycles. The van der Waals surface area contributed by atoms with Crippen LogP contribution in [0.1, 0.15) is 54.1 Å². The fourth-order valence-corrected chi connectivity index (χ4v) is 3.95. The Hall–Kier alpha value is -3.36. The number of rotatable bonds is 3. The highest BCUT2D eigenvalue weighted by atomic mass is 19.4. The number of hydrogen-bond donors (Lipinski definition) is 1. The van der Waals surface area contributed by atoms with Gasteiger partial charge in [0.15, 0.2) is 5.65 Å². The van der Waals surface area contributed by atoms with Crippen LogP contribution in [0, 0.1) is 6.92 Å². The van der Waals surface area contributed by atoms with E-state index in [1.807, 2.05) is 0 Å². The van der Waals surface area contributed by atoms with Crippen LogP contribution in [0.25, 0.3) is 16.7 Å². The van der Waals surface area contributed by atoms with Crippen molar-refractivity contribution >= 4 is 16.7 Å². The van der Waals surface area contributed by atoms with Crippen molar-refractivity contribution < 1.29 is 17.9 Å². The van der Waals surface area contributed by atoms with Gasteiger partial charge in [-0.2, -0.15) is 13.2 Å². The molecule has 0 saturated carbocycles. The maximum absolute atomic E-state index is 13.0. The van der Waals surface area contributed by atoms with E-state index in [9.17, 15) is 18.0 Å². The van der Waals surface area contributed by atoms with E-state index in [0.717, 1.165) is 5.56 Å². The molecule has 3 aromatic rings. The van der Waals surface area contributed by atoms with E-state index in [1.165, 1.54) is 6.07 Å². The van der Waals surface area contributed by atoms with Crippen LogP contribution < -0.4 is 5.56 Å². The molecule has 164 valence electrons. The van der Waals surface area contributed by atoms with Gasteiger partial charge in [-0.05, 0) is 31.4 Å². The first kappa shape index (κ1) is 20.5. The van der Waals surface area contributed by atoms with Crippen LogP contribution in [0.4, 0.5) is 13.2 Å². The number of fused-ring (bicyclic) bond motifs is 1. The third kappa shape index (κ3) is 3.83. The van der Waals surface area contributed by atoms with Gasteiger partial charge in [0.1, 0.15) is 17.0 Å². The van der Waals surface area contributed by atoms with Gasteiger partial charge in [0.2, 0.25) is 5.56 Å². The van der Waals surface area contributed by atoms with Crippen LogP contribution in [-0.2, 0) is 4.74 Å². The summed E-state index contributed by atoms with van der Waals surface area (Å²) in [5, 5.41) is 0. The molecule has 0 bridgehead atoms. The number of allylic oxidation sites excluding steroid dienone is 1. The first-order valence-corrected chi connectivity index (χ1v) is 10.2. The van der Waals surface area contributed by atoms with E-state index in [2.05, 4.69) is 30.7 Å². The zero-order valence-electron chi connectivity index (χ0n) is 17.0. The Morgan fingerprint density at radius 2 is 2.03 bits per heavy atom. The molecular formula is C22H18F3N5O2. The maximum atomic E-state index is 13.0. The minimum atomic E-state index is -4.40. The predicted octanol–water partition coefficient (Wildman–Crippen LogP) is 3.93. The smallest absolute Gasteiger partial charge is 0.373 e. The Kier molecular flexibility index (Phi) is 4.91. The van der Waals surface area contributed by atoms with Crippen LogP contribution in [0.2, 0.25) is 0 Å². The van der Waals surface area contributed by atoms with Crippen molar-refractivity contribution in [1.29, 1.82) is 0 Å². The molecule has 0 aromatic carbocycles. The third-order valence-electron chi connectivity index (χ3n) is 5.66. The molecule has 0 radical (unpaired) electrons. The minimum Gasteiger partial charge on any atom is -0.373 e. The van der Waals surface area contributed by atoms with E-state index >= 15 is 0 Å². The summed E-state index contributed by atoms with van der Waals surface area (Å²) in [5.74, 6) is 0.414. The van der Waals surface area contributed by atoms with Crippen LogP contribution >= 0.6 is 0 Å². The van der Waals surface area contributed by atoms with Gasteiger partial charge in [-0.25, -0.2) is 19.9 Å². The molecule has 3 aromatic heterocycles. The van der Waals surface area contributed by atoms with E-state index < -0.39 is 11.7 Å². The minimum absolute atomic E-state index is 0.0846. The van der Waals surface area contributed by atoms with E-state index in [-0.39, 0.29) is 24.0 Å². The lowest BCUT2D eigenvalue weighted by atomic mass is 9.90. The quantitative estimate of drug-likeness (QED) is 0.619. The molecule has 2 atom stereocenters. The average Bonchev–Trinajstić information content (AvgIpc) is 2.72. The summed E-state index contributed by atoms with van der Waals surface area (Å²) in [6, 6.07) is 3.16. The standard InChI is InChI=1S/C22H18F3N5O2/c1-11-9-27-21-19(28-11)18(14-6-15(7-14)22(23,24)25)29-20(30-21)12-4-5-32-16(8-12)13-2-3-17(31)26-10-13/h2-3,9-10,12,16H,4-6,8H2,1H3,(H,26,31). The molecule has 1 aliphatic heterocycles. The van der Waals surface area contributed by atoms with E-state index in [1.54, 1.807) is 25.4 Å². The lowest BCUT2D eigenvalue weighted by molar-refractivity contribution is -0.0934. The largest absolute Gasteiger partial charge is 0.420 e. The van der Waals surface area contributed by atoms with Crippen molar-refractivity contribution in [2.75, 3.05) is 6.61 Å². The lowest BCUT2D eigenvalue weighted by Gasteiger charge is -2.29. The van der Waals surface area contributed by atoms with Gasteiger partial charge in [0.25, 0.3) is 0 Å². The third-order valence-corrected chi connectivity index (χ3v) is 5.66. The number of nitrogens with one attached hydrogen (secondary N) is 1. The molecular weight excluding hydrogens is 423 g/mol. The van der Waals surface area contributed by atoms with Crippen LogP contribution in [0.5, 0.6) is 0 Å². The molecule has 2 unspecified atom stereocenters. The average molecular weight is 441 g/mol. The van der Waals surface area contributed by atoms with Gasteiger partial charge < -0.3 is 9.72 Å². The Balaban J connectivity index is 1.55. The topological polar surface area (TPSA) is 93.7 Å². The van der Waals surface area contributed by atoms with Gasteiger partial charge in [-0.1, -0.05) is 0 Å². The molecule has 1 N–H and O–H groups in total. The number of aromatic amines is 1. The number of aromatic nitrogens is 5. The summed E-state index contributed by atoms with van der Waals surface area (Å²) in [6.07, 6.45) is -0.496. The molecule has 5 rings (SSSR count). The van der Waals surface area contributed by atoms with Crippen LogP contribution in [-0.4, -0.2) is 37.7 Å². The monoisotopic (exact) mass is 441 g/mol. The van der Waals surface area contributed by atoms with Crippen molar-refractivity contribution in [1.82, 2.24) is 24.9 Å². The van der Waals surface area contributed by atoms with Crippen molar-refractivity contribution in [2.24, 2.45) is 0 Å². The van der Waals surface area contributed by atoms with Gasteiger partial charge in [0.05, 0.1) is 23.6 Å². The summed E-state index contributed by atoms with van der Waals surface area (Å²) in [5.41, 5.74) is 4.40.